The molecule has 4 aromatic heterocycles. The molecule has 0 spiro atoms. The minimum Gasteiger partial charge on any atom is -0.353 e. The first-order valence-electron chi connectivity index (χ1n) is 9.66. The van der Waals surface area contributed by atoms with E-state index >= 15 is 0 Å². The standard InChI is InChI=1S/C20H22N8S/c1-13-10-14(2)28(25-13)18-11-17(23-15(3)24-18)26-5-7-27(8-6-26)20-19-16(4-9-29-19)21-12-22-20/h4,9-12H,5-8H2,1-3H3. The highest BCUT2D eigenvalue weighted by atomic mass is 32.1. The maximum atomic E-state index is 4.69. The molecule has 0 radical (unpaired) electrons. The second-order valence-corrected chi connectivity index (χ2v) is 8.19. The van der Waals surface area contributed by atoms with E-state index in [1.54, 1.807) is 17.7 Å². The molecule has 0 amide bonds. The van der Waals surface area contributed by atoms with Gasteiger partial charge in [-0.25, -0.2) is 24.6 Å². The van der Waals surface area contributed by atoms with Crippen LogP contribution in [0.2, 0.25) is 0 Å². The quantitative estimate of drug-likeness (QED) is 0.518. The van der Waals surface area contributed by atoms with Crippen LogP contribution < -0.4 is 9.80 Å². The summed E-state index contributed by atoms with van der Waals surface area (Å²) in [7, 11) is 0. The fourth-order valence-corrected chi connectivity index (χ4v) is 4.68. The summed E-state index contributed by atoms with van der Waals surface area (Å²) in [5.41, 5.74) is 3.07. The first kappa shape index (κ1) is 18.0. The molecular weight excluding hydrogens is 384 g/mol. The van der Waals surface area contributed by atoms with E-state index in [0.717, 1.165) is 71.1 Å². The zero-order valence-electron chi connectivity index (χ0n) is 16.7. The zero-order valence-corrected chi connectivity index (χ0v) is 17.5. The molecule has 4 aromatic rings. The van der Waals surface area contributed by atoms with Gasteiger partial charge >= 0.3 is 0 Å². The number of rotatable bonds is 3. The van der Waals surface area contributed by atoms with Gasteiger partial charge in [0.05, 0.1) is 15.9 Å². The van der Waals surface area contributed by atoms with E-state index in [-0.39, 0.29) is 0 Å². The summed E-state index contributed by atoms with van der Waals surface area (Å²) in [6, 6.07) is 6.14. The van der Waals surface area contributed by atoms with E-state index in [9.17, 15) is 0 Å². The zero-order chi connectivity index (χ0) is 20.0. The van der Waals surface area contributed by atoms with Gasteiger partial charge in [-0.3, -0.25) is 0 Å². The molecule has 0 unspecified atom stereocenters. The lowest BCUT2D eigenvalue weighted by molar-refractivity contribution is 0.640. The van der Waals surface area contributed by atoms with Crippen LogP contribution in [-0.2, 0) is 0 Å². The molecule has 0 bridgehead atoms. The molecule has 5 rings (SSSR count). The average Bonchev–Trinajstić information content (AvgIpc) is 3.33. The lowest BCUT2D eigenvalue weighted by atomic mass is 10.3. The van der Waals surface area contributed by atoms with Crippen molar-refractivity contribution in [1.82, 2.24) is 29.7 Å². The Morgan fingerprint density at radius 2 is 1.66 bits per heavy atom. The van der Waals surface area contributed by atoms with Gasteiger partial charge < -0.3 is 9.80 Å². The minimum atomic E-state index is 0.753. The van der Waals surface area contributed by atoms with Gasteiger partial charge in [-0.1, -0.05) is 0 Å². The van der Waals surface area contributed by atoms with Crippen LogP contribution in [0.3, 0.4) is 0 Å². The summed E-state index contributed by atoms with van der Waals surface area (Å²) in [6.45, 7) is 9.51. The van der Waals surface area contributed by atoms with Crippen molar-refractivity contribution in [2.45, 2.75) is 20.8 Å². The van der Waals surface area contributed by atoms with Crippen LogP contribution in [0.25, 0.3) is 16.0 Å². The molecule has 1 aliphatic heterocycles. The highest BCUT2D eigenvalue weighted by Gasteiger charge is 2.22. The summed E-state index contributed by atoms with van der Waals surface area (Å²) < 4.78 is 3.05. The van der Waals surface area contributed by atoms with Crippen LogP contribution in [0.5, 0.6) is 0 Å². The Morgan fingerprint density at radius 1 is 0.897 bits per heavy atom. The lowest BCUT2D eigenvalue weighted by Gasteiger charge is -2.36. The molecule has 1 aliphatic rings. The molecule has 1 saturated heterocycles. The Labute approximate surface area is 172 Å². The topological polar surface area (TPSA) is 75.9 Å². The second kappa shape index (κ2) is 7.07. The highest BCUT2D eigenvalue weighted by Crippen LogP contribution is 2.29. The number of anilines is 2. The average molecular weight is 407 g/mol. The molecule has 0 aromatic carbocycles. The molecular formula is C20H22N8S. The third-order valence-electron chi connectivity index (χ3n) is 5.17. The predicted molar refractivity (Wildman–Crippen MR) is 115 cm³/mol. The Balaban J connectivity index is 1.38. The lowest BCUT2D eigenvalue weighted by Crippen LogP contribution is -2.47. The third-order valence-corrected chi connectivity index (χ3v) is 6.06. The summed E-state index contributed by atoms with van der Waals surface area (Å²) in [6.07, 6.45) is 1.66. The van der Waals surface area contributed by atoms with E-state index < -0.39 is 0 Å². The van der Waals surface area contributed by atoms with Crippen LogP contribution in [-0.4, -0.2) is 55.9 Å². The van der Waals surface area contributed by atoms with Crippen molar-refractivity contribution in [2.75, 3.05) is 36.0 Å². The number of piperazine rings is 1. The molecule has 1 fully saturated rings. The number of hydrogen-bond donors (Lipinski definition) is 0. The van der Waals surface area contributed by atoms with Gasteiger partial charge in [0.2, 0.25) is 0 Å². The van der Waals surface area contributed by atoms with Gasteiger partial charge in [0.25, 0.3) is 0 Å². The van der Waals surface area contributed by atoms with E-state index in [1.165, 1.54) is 0 Å². The van der Waals surface area contributed by atoms with Crippen molar-refractivity contribution in [3.8, 4) is 5.82 Å². The van der Waals surface area contributed by atoms with Crippen molar-refractivity contribution in [3.05, 3.63) is 47.1 Å². The molecule has 5 heterocycles. The fraction of sp³-hybridized carbons (Fsp3) is 0.350. The molecule has 9 heteroatoms. The van der Waals surface area contributed by atoms with Crippen LogP contribution in [0.4, 0.5) is 11.6 Å². The fourth-order valence-electron chi connectivity index (χ4n) is 3.82. The highest BCUT2D eigenvalue weighted by molar-refractivity contribution is 7.17. The Morgan fingerprint density at radius 3 is 2.41 bits per heavy atom. The predicted octanol–water partition coefficient (Wildman–Crippen LogP) is 2.92. The SMILES string of the molecule is Cc1cc(C)n(-c2cc(N3CCN(c4ncnc5ccsc45)CC3)nc(C)n2)n1. The monoisotopic (exact) mass is 406 g/mol. The number of aryl methyl sites for hydroxylation is 3. The molecule has 0 N–H and O–H groups in total. The maximum absolute atomic E-state index is 4.69. The van der Waals surface area contributed by atoms with Gasteiger partial charge in [-0.2, -0.15) is 5.10 Å². The first-order valence-corrected chi connectivity index (χ1v) is 10.5. The maximum Gasteiger partial charge on any atom is 0.159 e. The molecule has 8 nitrogen and oxygen atoms in total. The van der Waals surface area contributed by atoms with Crippen LogP contribution in [0.15, 0.2) is 29.9 Å². The van der Waals surface area contributed by atoms with Crippen molar-refractivity contribution in [1.29, 1.82) is 0 Å². The van der Waals surface area contributed by atoms with E-state index in [4.69, 9.17) is 4.98 Å². The number of fused-ring (bicyclic) bond motifs is 1. The van der Waals surface area contributed by atoms with Crippen molar-refractivity contribution >= 4 is 33.2 Å². The number of nitrogens with zero attached hydrogens (tertiary/aromatic N) is 8. The molecule has 148 valence electrons. The van der Waals surface area contributed by atoms with Crippen LogP contribution >= 0.6 is 11.3 Å². The van der Waals surface area contributed by atoms with Gasteiger partial charge in [0.15, 0.2) is 5.82 Å². The first-order chi connectivity index (χ1) is 14.1. The van der Waals surface area contributed by atoms with Gasteiger partial charge in [-0.15, -0.1) is 11.3 Å². The number of thiophene rings is 1. The third kappa shape index (κ3) is 3.31. The summed E-state index contributed by atoms with van der Waals surface area (Å²) in [5.74, 6) is 3.55. The molecule has 0 atom stereocenters. The van der Waals surface area contributed by atoms with Gasteiger partial charge in [-0.05, 0) is 38.3 Å². The Bertz CT molecular complexity index is 1170. The van der Waals surface area contributed by atoms with Gasteiger partial charge in [0, 0.05) is 37.9 Å². The molecule has 0 aliphatic carbocycles. The normalized spacial score (nSPS) is 14.7. The van der Waals surface area contributed by atoms with Crippen LogP contribution in [0, 0.1) is 20.8 Å². The van der Waals surface area contributed by atoms with Crippen molar-refractivity contribution in [3.63, 3.8) is 0 Å². The second-order valence-electron chi connectivity index (χ2n) is 7.28. The number of hydrogen-bond acceptors (Lipinski definition) is 8. The Kier molecular flexibility index (Phi) is 4.39. The van der Waals surface area contributed by atoms with Crippen molar-refractivity contribution < 1.29 is 0 Å². The van der Waals surface area contributed by atoms with Crippen molar-refractivity contribution in [2.24, 2.45) is 0 Å². The molecule has 0 saturated carbocycles. The smallest absolute Gasteiger partial charge is 0.159 e. The van der Waals surface area contributed by atoms with E-state index in [2.05, 4.69) is 41.3 Å². The summed E-state index contributed by atoms with van der Waals surface area (Å²) in [5, 5.41) is 6.64. The Hall–Kier alpha value is -3.07. The van der Waals surface area contributed by atoms with E-state index in [1.807, 2.05) is 37.6 Å². The summed E-state index contributed by atoms with van der Waals surface area (Å²) >= 11 is 1.70. The van der Waals surface area contributed by atoms with E-state index in [0.29, 0.717) is 0 Å². The minimum absolute atomic E-state index is 0.753. The molecule has 29 heavy (non-hydrogen) atoms. The number of aromatic nitrogens is 6. The van der Waals surface area contributed by atoms with Crippen LogP contribution in [0.1, 0.15) is 17.2 Å². The largest absolute Gasteiger partial charge is 0.353 e. The summed E-state index contributed by atoms with van der Waals surface area (Å²) in [4.78, 5) is 22.8. The van der Waals surface area contributed by atoms with Gasteiger partial charge in [0.1, 0.15) is 23.8 Å².